The molecule has 32 heavy (non-hydrogen) atoms. The fourth-order valence-electron chi connectivity index (χ4n) is 4.07. The average Bonchev–Trinajstić information content (AvgIpc) is 2.64. The number of fused-ring (bicyclic) bond motifs is 3. The van der Waals surface area contributed by atoms with Gasteiger partial charge in [0.15, 0.2) is 0 Å². The number of hydrogen-bond donors (Lipinski definition) is 4. The molecule has 1 aliphatic carbocycles. The number of carbonyl (C=O) groups is 1. The fourth-order valence-corrected chi connectivity index (χ4v) is 4.67. The molecule has 2 aromatic rings. The average molecular weight is 484 g/mol. The molecule has 2 unspecified atom stereocenters. The van der Waals surface area contributed by atoms with Gasteiger partial charge in [0.05, 0.1) is 36.3 Å². The Labute approximate surface area is 191 Å². The number of anilines is 1. The Morgan fingerprint density at radius 3 is 2.56 bits per heavy atom. The van der Waals surface area contributed by atoms with Crippen molar-refractivity contribution in [3.05, 3.63) is 40.0 Å². The van der Waals surface area contributed by atoms with Crippen LogP contribution in [0.4, 0.5) is 5.95 Å². The number of rotatable bonds is 8. The number of halogens is 1. The van der Waals surface area contributed by atoms with Gasteiger partial charge in [-0.2, -0.15) is 0 Å². The van der Waals surface area contributed by atoms with Gasteiger partial charge < -0.3 is 15.3 Å². The van der Waals surface area contributed by atoms with Crippen LogP contribution in [0.3, 0.4) is 0 Å². The van der Waals surface area contributed by atoms with Gasteiger partial charge in [0.1, 0.15) is 0 Å². The highest BCUT2D eigenvalue weighted by atomic mass is 35.5. The molecule has 11 heteroatoms. The smallest absolute Gasteiger partial charge is 0.305 e. The van der Waals surface area contributed by atoms with Gasteiger partial charge in [-0.05, 0) is 30.0 Å². The third-order valence-electron chi connectivity index (χ3n) is 5.34. The maximum Gasteiger partial charge on any atom is 0.305 e. The van der Waals surface area contributed by atoms with Crippen LogP contribution in [0.15, 0.2) is 18.2 Å². The van der Waals surface area contributed by atoms with Gasteiger partial charge in [-0.15, -0.1) is 0 Å². The van der Waals surface area contributed by atoms with E-state index in [9.17, 15) is 23.4 Å². The summed E-state index contributed by atoms with van der Waals surface area (Å²) in [6.45, 7) is 3.85. The molecule has 0 amide bonds. The topological polar surface area (TPSA) is 150 Å². The molecule has 0 radical (unpaired) electrons. The van der Waals surface area contributed by atoms with Crippen LogP contribution in [0.1, 0.15) is 55.3 Å². The molecule has 4 N–H and O–H groups in total. The predicted molar refractivity (Wildman–Crippen MR) is 120 cm³/mol. The van der Waals surface area contributed by atoms with Crippen LogP contribution in [0.25, 0.3) is 11.3 Å². The minimum atomic E-state index is -3.59. The maximum absolute atomic E-state index is 11.8. The van der Waals surface area contributed by atoms with Crippen LogP contribution >= 0.6 is 11.6 Å². The number of sulfonamides is 1. The number of aliphatic hydroxyl groups is 2. The highest BCUT2D eigenvalue weighted by Gasteiger charge is 2.35. The Morgan fingerprint density at radius 2 is 1.97 bits per heavy atom. The molecule has 0 spiro atoms. The van der Waals surface area contributed by atoms with E-state index in [1.165, 1.54) is 0 Å². The van der Waals surface area contributed by atoms with Crippen molar-refractivity contribution in [2.45, 2.75) is 57.2 Å². The minimum Gasteiger partial charge on any atom is -0.481 e. The monoisotopic (exact) mass is 483 g/mol. The summed E-state index contributed by atoms with van der Waals surface area (Å²) in [6, 6.07) is 5.14. The Bertz CT molecular complexity index is 1140. The van der Waals surface area contributed by atoms with Crippen molar-refractivity contribution in [3.63, 3.8) is 0 Å². The van der Waals surface area contributed by atoms with Crippen molar-refractivity contribution >= 4 is 33.5 Å². The summed E-state index contributed by atoms with van der Waals surface area (Å²) >= 11 is 6.22. The van der Waals surface area contributed by atoms with E-state index in [1.54, 1.807) is 18.2 Å². The standard InChI is InChI=1S/C21H26ClN3O6S/c1-10(2)19-16-9-15(17(27)7-12(26)8-18(28)29)14-6-11(22)4-5-13(14)20(16)24-21(23-19)25-32(3,30)31/h4-6,10,12,15,17,26-27H,7-9H2,1-3H3,(H,28,29)(H,23,24,25)/t12?,15-,17?/m0/s1. The molecule has 174 valence electrons. The molecule has 3 atom stereocenters. The molecular formula is C21H26ClN3O6S. The second-order valence-corrected chi connectivity index (χ2v) is 10.6. The highest BCUT2D eigenvalue weighted by Crippen LogP contribution is 2.44. The molecule has 1 heterocycles. The van der Waals surface area contributed by atoms with Crippen LogP contribution in [-0.4, -0.2) is 58.1 Å². The molecule has 9 nitrogen and oxygen atoms in total. The molecule has 0 saturated heterocycles. The van der Waals surface area contributed by atoms with Gasteiger partial charge >= 0.3 is 5.97 Å². The summed E-state index contributed by atoms with van der Waals surface area (Å²) in [5, 5.41) is 30.3. The molecule has 0 saturated carbocycles. The molecule has 3 rings (SSSR count). The van der Waals surface area contributed by atoms with Gasteiger partial charge in [0.25, 0.3) is 0 Å². The first-order valence-corrected chi connectivity index (χ1v) is 12.4. The summed E-state index contributed by atoms with van der Waals surface area (Å²) in [4.78, 5) is 19.8. The van der Waals surface area contributed by atoms with Crippen LogP contribution in [0, 0.1) is 0 Å². The van der Waals surface area contributed by atoms with E-state index in [1.807, 2.05) is 13.8 Å². The number of aliphatic carboxylic acids is 1. The molecule has 1 aromatic carbocycles. The van der Waals surface area contributed by atoms with E-state index in [0.29, 0.717) is 34.0 Å². The number of aliphatic hydroxyl groups excluding tert-OH is 2. The lowest BCUT2D eigenvalue weighted by Crippen LogP contribution is -2.30. The normalized spacial score (nSPS) is 17.4. The zero-order valence-corrected chi connectivity index (χ0v) is 19.5. The third kappa shape index (κ3) is 5.55. The van der Waals surface area contributed by atoms with E-state index in [4.69, 9.17) is 16.7 Å². The van der Waals surface area contributed by atoms with Crippen LogP contribution in [0.2, 0.25) is 5.02 Å². The first-order valence-electron chi connectivity index (χ1n) is 10.1. The van der Waals surface area contributed by atoms with E-state index >= 15 is 0 Å². The van der Waals surface area contributed by atoms with Crippen LogP contribution < -0.4 is 4.72 Å². The lowest BCUT2D eigenvalue weighted by molar-refractivity contribution is -0.139. The summed E-state index contributed by atoms with van der Waals surface area (Å²) in [7, 11) is -3.59. The van der Waals surface area contributed by atoms with Gasteiger partial charge in [0.2, 0.25) is 16.0 Å². The van der Waals surface area contributed by atoms with Crippen molar-refractivity contribution in [2.75, 3.05) is 11.0 Å². The first kappa shape index (κ1) is 24.4. The van der Waals surface area contributed by atoms with E-state index in [2.05, 4.69) is 14.7 Å². The summed E-state index contributed by atoms with van der Waals surface area (Å²) in [6.07, 6.45) is -1.48. The second kappa shape index (κ2) is 9.30. The molecule has 1 aliphatic rings. The third-order valence-corrected chi connectivity index (χ3v) is 6.13. The largest absolute Gasteiger partial charge is 0.481 e. The number of nitrogens with zero attached hydrogens (tertiary/aromatic N) is 2. The Morgan fingerprint density at radius 1 is 1.28 bits per heavy atom. The van der Waals surface area contributed by atoms with Crippen molar-refractivity contribution in [1.82, 2.24) is 9.97 Å². The zero-order valence-electron chi connectivity index (χ0n) is 17.9. The van der Waals surface area contributed by atoms with Crippen LogP contribution in [-0.2, 0) is 21.2 Å². The predicted octanol–water partition coefficient (Wildman–Crippen LogP) is 2.52. The number of benzene rings is 1. The number of carboxylic acid groups (broad SMARTS) is 1. The number of aromatic nitrogens is 2. The molecule has 1 aromatic heterocycles. The van der Waals surface area contributed by atoms with Crippen LogP contribution in [0.5, 0.6) is 0 Å². The number of hydrogen-bond acceptors (Lipinski definition) is 7. The zero-order chi connectivity index (χ0) is 23.8. The number of carboxylic acids is 1. The quantitative estimate of drug-likeness (QED) is 0.447. The van der Waals surface area contributed by atoms with Gasteiger partial charge in [-0.3, -0.25) is 9.52 Å². The molecule has 0 bridgehead atoms. The van der Waals surface area contributed by atoms with Crippen molar-refractivity contribution in [3.8, 4) is 11.3 Å². The SMILES string of the molecule is CC(C)c1nc(NS(C)(=O)=O)nc2c1C[C@H](C(O)CC(O)CC(=O)O)c1cc(Cl)ccc1-2. The van der Waals surface area contributed by atoms with E-state index in [0.717, 1.165) is 11.8 Å². The Kier molecular flexibility index (Phi) is 7.09. The van der Waals surface area contributed by atoms with Gasteiger partial charge in [-0.25, -0.2) is 18.4 Å². The summed E-state index contributed by atoms with van der Waals surface area (Å²) in [5.74, 6) is -1.72. The number of nitrogens with one attached hydrogen (secondary N) is 1. The van der Waals surface area contributed by atoms with E-state index < -0.39 is 40.5 Å². The van der Waals surface area contributed by atoms with Gasteiger partial charge in [-0.1, -0.05) is 31.5 Å². The summed E-state index contributed by atoms with van der Waals surface area (Å²) in [5.41, 5.74) is 3.33. The first-order chi connectivity index (χ1) is 14.9. The summed E-state index contributed by atoms with van der Waals surface area (Å²) < 4.78 is 25.8. The van der Waals surface area contributed by atoms with Crippen molar-refractivity contribution in [1.29, 1.82) is 0 Å². The van der Waals surface area contributed by atoms with Gasteiger partial charge in [0, 0.05) is 28.5 Å². The Balaban J connectivity index is 2.11. The Hall–Kier alpha value is -2.27. The second-order valence-electron chi connectivity index (χ2n) is 8.39. The fraction of sp³-hybridized carbons (Fsp3) is 0.476. The molecular weight excluding hydrogens is 458 g/mol. The minimum absolute atomic E-state index is 0.0354. The molecule has 0 fully saturated rings. The van der Waals surface area contributed by atoms with Crippen molar-refractivity contribution < 1.29 is 28.5 Å². The molecule has 0 aliphatic heterocycles. The van der Waals surface area contributed by atoms with E-state index in [-0.39, 0.29) is 18.3 Å². The lowest BCUT2D eigenvalue weighted by atomic mass is 9.75. The lowest BCUT2D eigenvalue weighted by Gasteiger charge is -2.33. The van der Waals surface area contributed by atoms with Crippen molar-refractivity contribution in [2.24, 2.45) is 0 Å². The highest BCUT2D eigenvalue weighted by molar-refractivity contribution is 7.91. The maximum atomic E-state index is 11.8.